The van der Waals surface area contributed by atoms with E-state index >= 15 is 0 Å². The van der Waals surface area contributed by atoms with Crippen molar-refractivity contribution in [2.75, 3.05) is 36.0 Å². The topological polar surface area (TPSA) is 18.5 Å². The maximum absolute atomic E-state index is 6.30. The van der Waals surface area contributed by atoms with E-state index in [0.717, 1.165) is 37.4 Å². The van der Waals surface area contributed by atoms with E-state index in [1.165, 1.54) is 16.9 Å². The second-order valence-electron chi connectivity index (χ2n) is 6.85. The summed E-state index contributed by atoms with van der Waals surface area (Å²) in [6.07, 6.45) is 4.18. The summed E-state index contributed by atoms with van der Waals surface area (Å²) in [6.45, 7) is 6.23. The Morgan fingerprint density at radius 1 is 0.808 bits per heavy atom. The Morgan fingerprint density at radius 2 is 1.38 bits per heavy atom. The Bertz CT molecular complexity index is 803. The number of rotatable bonds is 3. The van der Waals surface area contributed by atoms with Crippen molar-refractivity contribution in [3.63, 3.8) is 0 Å². The number of anilines is 2. The highest BCUT2D eigenvalue weighted by Crippen LogP contribution is 2.25. The Balaban J connectivity index is 1.41. The normalized spacial score (nSPS) is 20.3. The second-order valence-corrected chi connectivity index (χ2v) is 7.29. The molecule has 0 saturated carbocycles. The van der Waals surface area contributed by atoms with Crippen LogP contribution >= 0.6 is 11.6 Å². The molecule has 3 nitrogen and oxygen atoms in total. The molecule has 134 valence electrons. The molecule has 2 aromatic rings. The van der Waals surface area contributed by atoms with Gasteiger partial charge in [-0.2, -0.15) is 0 Å². The lowest BCUT2D eigenvalue weighted by atomic mass is 10.1. The Morgan fingerprint density at radius 3 is 1.96 bits per heavy atom. The third-order valence-corrected chi connectivity index (χ3v) is 5.59. The number of para-hydroxylation sites is 1. The molecule has 2 aliphatic heterocycles. The van der Waals surface area contributed by atoms with Crippen LogP contribution in [0.2, 0.25) is 0 Å². The standard InChI is InChI=1S/C22H24ClN3/c1-17-7-12-21(24-22(17)23)18-8-10-20(11-9-18)26-15-13-25(14-16-26)19-5-3-2-4-6-19/h2-12,22,24H,13-16H2,1H3. The van der Waals surface area contributed by atoms with Gasteiger partial charge in [0.05, 0.1) is 0 Å². The van der Waals surface area contributed by atoms with Gasteiger partial charge in [0.2, 0.25) is 0 Å². The zero-order valence-corrected chi connectivity index (χ0v) is 15.8. The van der Waals surface area contributed by atoms with E-state index in [0.29, 0.717) is 0 Å². The monoisotopic (exact) mass is 365 g/mol. The van der Waals surface area contributed by atoms with Crippen LogP contribution in [0.3, 0.4) is 0 Å². The van der Waals surface area contributed by atoms with Gasteiger partial charge in [0.15, 0.2) is 0 Å². The molecule has 1 atom stereocenters. The number of piperazine rings is 1. The van der Waals surface area contributed by atoms with Crippen molar-refractivity contribution < 1.29 is 0 Å². The minimum Gasteiger partial charge on any atom is -0.368 e. The predicted octanol–water partition coefficient (Wildman–Crippen LogP) is 4.47. The van der Waals surface area contributed by atoms with E-state index in [9.17, 15) is 0 Å². The summed E-state index contributed by atoms with van der Waals surface area (Å²) in [5.74, 6) is 0. The highest BCUT2D eigenvalue weighted by atomic mass is 35.5. The molecule has 2 heterocycles. The average Bonchev–Trinajstić information content (AvgIpc) is 2.71. The van der Waals surface area contributed by atoms with Crippen LogP contribution < -0.4 is 15.1 Å². The molecule has 26 heavy (non-hydrogen) atoms. The van der Waals surface area contributed by atoms with Crippen molar-refractivity contribution in [3.05, 3.63) is 77.9 Å². The van der Waals surface area contributed by atoms with Gasteiger partial charge in [-0.1, -0.05) is 48.0 Å². The van der Waals surface area contributed by atoms with Gasteiger partial charge in [-0.25, -0.2) is 0 Å². The van der Waals surface area contributed by atoms with Gasteiger partial charge in [-0.15, -0.1) is 0 Å². The van der Waals surface area contributed by atoms with E-state index in [4.69, 9.17) is 11.6 Å². The molecule has 0 bridgehead atoms. The van der Waals surface area contributed by atoms with Crippen LogP contribution in [0.25, 0.3) is 5.70 Å². The third-order valence-electron chi connectivity index (χ3n) is 5.14. The molecule has 0 aromatic heterocycles. The Labute approximate surface area is 160 Å². The largest absolute Gasteiger partial charge is 0.368 e. The van der Waals surface area contributed by atoms with Gasteiger partial charge in [0.1, 0.15) is 5.50 Å². The average molecular weight is 366 g/mol. The number of hydrogen-bond acceptors (Lipinski definition) is 3. The van der Waals surface area contributed by atoms with Crippen molar-refractivity contribution in [1.29, 1.82) is 0 Å². The zero-order chi connectivity index (χ0) is 17.9. The van der Waals surface area contributed by atoms with E-state index in [2.05, 4.69) is 81.9 Å². The van der Waals surface area contributed by atoms with Crippen molar-refractivity contribution in [2.24, 2.45) is 0 Å². The number of benzene rings is 2. The molecule has 0 amide bonds. The molecule has 2 aromatic carbocycles. The lowest BCUT2D eigenvalue weighted by Gasteiger charge is -2.37. The van der Waals surface area contributed by atoms with Crippen LogP contribution in [0.4, 0.5) is 11.4 Å². The van der Waals surface area contributed by atoms with E-state index in [1.807, 2.05) is 6.92 Å². The molecule has 0 spiro atoms. The Hall–Kier alpha value is -2.39. The molecule has 1 saturated heterocycles. The fourth-order valence-corrected chi connectivity index (χ4v) is 3.68. The van der Waals surface area contributed by atoms with Gasteiger partial charge >= 0.3 is 0 Å². The van der Waals surface area contributed by atoms with Gasteiger partial charge in [-0.05, 0) is 48.4 Å². The first-order valence-electron chi connectivity index (χ1n) is 9.15. The number of halogens is 1. The SMILES string of the molecule is CC1=CC=C(c2ccc(N3CCN(c4ccccc4)CC3)cc2)NC1Cl. The number of nitrogens with zero attached hydrogens (tertiary/aromatic N) is 2. The number of dihydropyridines is 1. The summed E-state index contributed by atoms with van der Waals surface area (Å²) >= 11 is 6.30. The minimum absolute atomic E-state index is 0.124. The van der Waals surface area contributed by atoms with Crippen LogP contribution in [-0.2, 0) is 0 Å². The van der Waals surface area contributed by atoms with Crippen LogP contribution in [0, 0.1) is 0 Å². The summed E-state index contributed by atoms with van der Waals surface area (Å²) in [5.41, 5.74) is 5.87. The van der Waals surface area contributed by atoms with Gasteiger partial charge in [0.25, 0.3) is 0 Å². The quantitative estimate of drug-likeness (QED) is 0.639. The fraction of sp³-hybridized carbons (Fsp3) is 0.273. The highest BCUT2D eigenvalue weighted by Gasteiger charge is 2.18. The lowest BCUT2D eigenvalue weighted by molar-refractivity contribution is 0.653. The smallest absolute Gasteiger partial charge is 0.123 e. The number of nitrogens with one attached hydrogen (secondary N) is 1. The van der Waals surface area contributed by atoms with Crippen LogP contribution in [-0.4, -0.2) is 31.7 Å². The number of hydrogen-bond donors (Lipinski definition) is 1. The maximum Gasteiger partial charge on any atom is 0.123 e. The van der Waals surface area contributed by atoms with E-state index < -0.39 is 0 Å². The van der Waals surface area contributed by atoms with Crippen LogP contribution in [0.15, 0.2) is 72.3 Å². The van der Waals surface area contributed by atoms with Crippen LogP contribution in [0.5, 0.6) is 0 Å². The first-order valence-corrected chi connectivity index (χ1v) is 9.59. The molecule has 4 rings (SSSR count). The van der Waals surface area contributed by atoms with Gasteiger partial charge in [0, 0.05) is 43.3 Å². The van der Waals surface area contributed by atoms with Crippen molar-refractivity contribution in [3.8, 4) is 0 Å². The zero-order valence-electron chi connectivity index (χ0n) is 15.0. The molecule has 1 fully saturated rings. The van der Waals surface area contributed by atoms with Gasteiger partial charge < -0.3 is 15.1 Å². The van der Waals surface area contributed by atoms with E-state index in [-0.39, 0.29) is 5.50 Å². The first-order chi connectivity index (χ1) is 12.7. The third kappa shape index (κ3) is 3.58. The predicted molar refractivity (Wildman–Crippen MR) is 112 cm³/mol. The highest BCUT2D eigenvalue weighted by molar-refractivity contribution is 6.22. The second kappa shape index (κ2) is 7.46. The summed E-state index contributed by atoms with van der Waals surface area (Å²) in [5, 5.41) is 3.34. The molecule has 0 radical (unpaired) electrons. The molecule has 0 aliphatic carbocycles. The molecular weight excluding hydrogens is 342 g/mol. The Kier molecular flexibility index (Phi) is 4.89. The first kappa shape index (κ1) is 17.0. The van der Waals surface area contributed by atoms with Crippen molar-refractivity contribution in [2.45, 2.75) is 12.4 Å². The summed E-state index contributed by atoms with van der Waals surface area (Å²) < 4.78 is 0. The van der Waals surface area contributed by atoms with Crippen molar-refractivity contribution in [1.82, 2.24) is 5.32 Å². The van der Waals surface area contributed by atoms with Crippen molar-refractivity contribution >= 4 is 28.7 Å². The van der Waals surface area contributed by atoms with E-state index in [1.54, 1.807) is 0 Å². The summed E-state index contributed by atoms with van der Waals surface area (Å²) in [6, 6.07) is 19.4. The molecule has 1 unspecified atom stereocenters. The molecule has 2 aliphatic rings. The summed E-state index contributed by atoms with van der Waals surface area (Å²) in [7, 11) is 0. The molecular formula is C22H24ClN3. The fourth-order valence-electron chi connectivity index (χ4n) is 3.49. The molecule has 1 N–H and O–H groups in total. The number of allylic oxidation sites excluding steroid dienone is 2. The summed E-state index contributed by atoms with van der Waals surface area (Å²) in [4.78, 5) is 4.91. The van der Waals surface area contributed by atoms with Gasteiger partial charge in [-0.3, -0.25) is 0 Å². The van der Waals surface area contributed by atoms with Crippen LogP contribution in [0.1, 0.15) is 12.5 Å². The maximum atomic E-state index is 6.30. The minimum atomic E-state index is -0.124. The lowest BCUT2D eigenvalue weighted by Crippen LogP contribution is -2.46. The molecule has 4 heteroatoms. The number of alkyl halides is 1.